The first kappa shape index (κ1) is 12.6. The fourth-order valence-electron chi connectivity index (χ4n) is 1.57. The van der Waals surface area contributed by atoms with Gasteiger partial charge in [0.25, 0.3) is 0 Å². The van der Waals surface area contributed by atoms with Crippen LogP contribution in [0.5, 0.6) is 5.75 Å². The molecule has 1 aromatic heterocycles. The van der Waals surface area contributed by atoms with E-state index < -0.39 is 0 Å². The van der Waals surface area contributed by atoms with Gasteiger partial charge in [-0.05, 0) is 13.0 Å². The summed E-state index contributed by atoms with van der Waals surface area (Å²) in [4.78, 5) is 7.91. The maximum absolute atomic E-state index is 5.97. The van der Waals surface area contributed by atoms with Crippen LogP contribution in [0.1, 0.15) is 12.5 Å². The largest absolute Gasteiger partial charge is 0.494 e. The van der Waals surface area contributed by atoms with E-state index in [1.54, 1.807) is 6.20 Å². The van der Waals surface area contributed by atoms with Crippen molar-refractivity contribution in [1.29, 1.82) is 0 Å². The highest BCUT2D eigenvalue weighted by Gasteiger charge is 2.04. The highest BCUT2D eigenvalue weighted by Crippen LogP contribution is 2.21. The van der Waals surface area contributed by atoms with Gasteiger partial charge in [-0.25, -0.2) is 9.97 Å². The Kier molecular flexibility index (Phi) is 4.36. The van der Waals surface area contributed by atoms with Gasteiger partial charge in [0.1, 0.15) is 22.9 Å². The van der Waals surface area contributed by atoms with Gasteiger partial charge in [-0.3, -0.25) is 0 Å². The second-order valence-electron chi connectivity index (χ2n) is 3.61. The number of benzene rings is 1. The lowest BCUT2D eigenvalue weighted by molar-refractivity contribution is 0.337. The first-order chi connectivity index (χ1) is 8.81. The lowest BCUT2D eigenvalue weighted by atomic mass is 10.2. The molecule has 0 unspecified atom stereocenters. The van der Waals surface area contributed by atoms with Crippen molar-refractivity contribution in [2.45, 2.75) is 13.5 Å². The fraction of sp³-hybridized carbons (Fsp3) is 0.231. The molecular formula is C13H14ClN3O. The summed E-state index contributed by atoms with van der Waals surface area (Å²) in [7, 11) is 0. The van der Waals surface area contributed by atoms with E-state index in [1.807, 2.05) is 31.2 Å². The van der Waals surface area contributed by atoms with Crippen LogP contribution in [0.4, 0.5) is 5.82 Å². The summed E-state index contributed by atoms with van der Waals surface area (Å²) in [6.45, 7) is 3.21. The monoisotopic (exact) mass is 263 g/mol. The van der Waals surface area contributed by atoms with E-state index in [1.165, 1.54) is 6.33 Å². The van der Waals surface area contributed by atoms with Crippen molar-refractivity contribution in [3.63, 3.8) is 0 Å². The molecule has 4 nitrogen and oxygen atoms in total. The molecule has 0 radical (unpaired) electrons. The van der Waals surface area contributed by atoms with Crippen molar-refractivity contribution in [3.05, 3.63) is 47.4 Å². The van der Waals surface area contributed by atoms with Crippen LogP contribution in [-0.4, -0.2) is 16.6 Å². The van der Waals surface area contributed by atoms with Crippen LogP contribution in [-0.2, 0) is 6.54 Å². The molecule has 0 fully saturated rings. The second-order valence-corrected chi connectivity index (χ2v) is 4.02. The summed E-state index contributed by atoms with van der Waals surface area (Å²) in [5, 5.41) is 3.67. The maximum Gasteiger partial charge on any atom is 0.148 e. The van der Waals surface area contributed by atoms with E-state index in [2.05, 4.69) is 15.3 Å². The second kappa shape index (κ2) is 6.21. The van der Waals surface area contributed by atoms with Crippen LogP contribution in [0.15, 0.2) is 36.8 Å². The van der Waals surface area contributed by atoms with E-state index in [0.717, 1.165) is 11.3 Å². The molecule has 1 heterocycles. The molecule has 94 valence electrons. The van der Waals surface area contributed by atoms with Crippen molar-refractivity contribution >= 4 is 17.4 Å². The highest BCUT2D eigenvalue weighted by molar-refractivity contribution is 6.32. The molecule has 0 aliphatic rings. The van der Waals surface area contributed by atoms with Crippen LogP contribution in [0.3, 0.4) is 0 Å². The third-order valence-corrected chi connectivity index (χ3v) is 2.66. The van der Waals surface area contributed by atoms with Crippen LogP contribution in [0.25, 0.3) is 0 Å². The molecule has 18 heavy (non-hydrogen) atoms. The lowest BCUT2D eigenvalue weighted by Crippen LogP contribution is -2.04. The van der Waals surface area contributed by atoms with Gasteiger partial charge >= 0.3 is 0 Å². The Bertz CT molecular complexity index is 519. The molecule has 0 atom stereocenters. The van der Waals surface area contributed by atoms with E-state index in [-0.39, 0.29) is 0 Å². The first-order valence-corrected chi connectivity index (χ1v) is 6.09. The molecule has 2 rings (SSSR count). The number of halogens is 1. The topological polar surface area (TPSA) is 47.0 Å². The van der Waals surface area contributed by atoms with Crippen molar-refractivity contribution in [3.8, 4) is 5.75 Å². The first-order valence-electron chi connectivity index (χ1n) is 5.71. The third-order valence-electron chi connectivity index (χ3n) is 2.39. The Balaban J connectivity index is 2.08. The Morgan fingerprint density at radius 2 is 2.17 bits per heavy atom. The smallest absolute Gasteiger partial charge is 0.148 e. The predicted molar refractivity (Wildman–Crippen MR) is 72.0 cm³/mol. The minimum atomic E-state index is 0.506. The Labute approximate surface area is 111 Å². The third kappa shape index (κ3) is 3.11. The van der Waals surface area contributed by atoms with Gasteiger partial charge in [-0.15, -0.1) is 0 Å². The molecule has 0 saturated heterocycles. The molecule has 0 spiro atoms. The molecule has 1 N–H and O–H groups in total. The average Bonchev–Trinajstić information content (AvgIpc) is 2.40. The standard InChI is InChI=1S/C13H14ClN3O/c1-2-18-12-6-4-3-5-10(12)7-16-13-11(14)8-15-9-17-13/h3-6,8-9H,2,7H2,1H3,(H,15,16,17). The van der Waals surface area contributed by atoms with Gasteiger partial charge in [-0.2, -0.15) is 0 Å². The van der Waals surface area contributed by atoms with Gasteiger partial charge in [0.2, 0.25) is 0 Å². The molecular weight excluding hydrogens is 250 g/mol. The lowest BCUT2D eigenvalue weighted by Gasteiger charge is -2.11. The molecule has 5 heteroatoms. The zero-order valence-corrected chi connectivity index (χ0v) is 10.8. The van der Waals surface area contributed by atoms with Crippen molar-refractivity contribution in [2.75, 3.05) is 11.9 Å². The predicted octanol–water partition coefficient (Wildman–Crippen LogP) is 3.14. The van der Waals surface area contributed by atoms with Crippen LogP contribution >= 0.6 is 11.6 Å². The van der Waals surface area contributed by atoms with Gasteiger partial charge in [0.05, 0.1) is 12.8 Å². The maximum atomic E-state index is 5.97. The zero-order valence-electron chi connectivity index (χ0n) is 10.1. The SMILES string of the molecule is CCOc1ccccc1CNc1ncncc1Cl. The minimum Gasteiger partial charge on any atom is -0.494 e. The summed E-state index contributed by atoms with van der Waals surface area (Å²) in [6.07, 6.45) is 3.02. The fourth-order valence-corrected chi connectivity index (χ4v) is 1.74. The molecule has 1 aromatic carbocycles. The van der Waals surface area contributed by atoms with Gasteiger partial charge in [0.15, 0.2) is 0 Å². The number of anilines is 1. The summed E-state index contributed by atoms with van der Waals surface area (Å²) in [5.41, 5.74) is 1.06. The molecule has 2 aromatic rings. The van der Waals surface area contributed by atoms with Crippen LogP contribution in [0.2, 0.25) is 5.02 Å². The molecule has 0 saturated carbocycles. The van der Waals surface area contributed by atoms with E-state index in [9.17, 15) is 0 Å². The van der Waals surface area contributed by atoms with Crippen LogP contribution < -0.4 is 10.1 Å². The number of ether oxygens (including phenoxy) is 1. The normalized spacial score (nSPS) is 10.1. The van der Waals surface area contributed by atoms with E-state index >= 15 is 0 Å². The Hall–Kier alpha value is -1.81. The minimum absolute atomic E-state index is 0.506. The van der Waals surface area contributed by atoms with Gasteiger partial charge in [0, 0.05) is 12.1 Å². The van der Waals surface area contributed by atoms with Gasteiger partial charge in [-0.1, -0.05) is 29.8 Å². The van der Waals surface area contributed by atoms with Crippen molar-refractivity contribution in [1.82, 2.24) is 9.97 Å². The summed E-state index contributed by atoms with van der Waals surface area (Å²) in [6, 6.07) is 7.88. The quantitative estimate of drug-likeness (QED) is 0.900. The zero-order chi connectivity index (χ0) is 12.8. The highest BCUT2D eigenvalue weighted by atomic mass is 35.5. The number of hydrogen-bond acceptors (Lipinski definition) is 4. The Morgan fingerprint density at radius 3 is 2.94 bits per heavy atom. The number of aromatic nitrogens is 2. The number of nitrogens with zero attached hydrogens (tertiary/aromatic N) is 2. The molecule has 0 amide bonds. The number of rotatable bonds is 5. The average molecular weight is 264 g/mol. The summed E-state index contributed by atoms with van der Waals surface area (Å²) in [5.74, 6) is 1.50. The number of nitrogens with one attached hydrogen (secondary N) is 1. The van der Waals surface area contributed by atoms with Gasteiger partial charge < -0.3 is 10.1 Å². The summed E-state index contributed by atoms with van der Waals surface area (Å²) >= 11 is 5.97. The van der Waals surface area contributed by atoms with Crippen molar-refractivity contribution in [2.24, 2.45) is 0 Å². The van der Waals surface area contributed by atoms with E-state index in [4.69, 9.17) is 16.3 Å². The van der Waals surface area contributed by atoms with Crippen molar-refractivity contribution < 1.29 is 4.74 Å². The van der Waals surface area contributed by atoms with E-state index in [0.29, 0.717) is 24.0 Å². The molecule has 0 aliphatic heterocycles. The van der Waals surface area contributed by atoms with Crippen LogP contribution in [0, 0.1) is 0 Å². The Morgan fingerprint density at radius 1 is 1.33 bits per heavy atom. The summed E-state index contributed by atoms with van der Waals surface area (Å²) < 4.78 is 5.55. The molecule has 0 bridgehead atoms. The number of para-hydroxylation sites is 1. The molecule has 0 aliphatic carbocycles. The number of hydrogen-bond donors (Lipinski definition) is 1.